The number of ether oxygens (including phenoxy) is 1. The Kier molecular flexibility index (Phi) is 3.16. The molecule has 19 heavy (non-hydrogen) atoms. The molecule has 0 spiro atoms. The Balaban J connectivity index is 1.94. The predicted molar refractivity (Wildman–Crippen MR) is 73.1 cm³/mol. The van der Waals surface area contributed by atoms with E-state index in [9.17, 15) is 4.79 Å². The number of anilines is 1. The third kappa shape index (κ3) is 2.19. The zero-order valence-electron chi connectivity index (χ0n) is 11.1. The topological polar surface area (TPSA) is 67.6 Å². The summed E-state index contributed by atoms with van der Waals surface area (Å²) in [6, 6.07) is 5.82. The maximum Gasteiger partial charge on any atom is 0.267 e. The van der Waals surface area contributed by atoms with Crippen LogP contribution in [0.1, 0.15) is 12.5 Å². The first-order valence-corrected chi connectivity index (χ1v) is 6.71. The summed E-state index contributed by atoms with van der Waals surface area (Å²) in [4.78, 5) is 14.2. The molecule has 1 atom stereocenters. The number of rotatable bonds is 3. The number of hydrogen-bond donors (Lipinski definition) is 2. The molecule has 2 heterocycles. The second-order valence-electron chi connectivity index (χ2n) is 5.24. The summed E-state index contributed by atoms with van der Waals surface area (Å²) in [7, 11) is 0. The molecule has 1 fully saturated rings. The number of benzene rings is 1. The van der Waals surface area contributed by atoms with Gasteiger partial charge in [-0.2, -0.15) is 0 Å². The maximum atomic E-state index is 12.3. The average molecular weight is 261 g/mol. The Hall–Kier alpha value is -1.59. The van der Waals surface area contributed by atoms with Gasteiger partial charge in [-0.3, -0.25) is 4.79 Å². The van der Waals surface area contributed by atoms with E-state index < -0.39 is 6.10 Å². The van der Waals surface area contributed by atoms with E-state index in [2.05, 4.69) is 5.32 Å². The van der Waals surface area contributed by atoms with E-state index >= 15 is 0 Å². The summed E-state index contributed by atoms with van der Waals surface area (Å²) < 4.78 is 5.66. The molecule has 102 valence electrons. The Labute approximate surface area is 112 Å². The number of amides is 1. The van der Waals surface area contributed by atoms with Crippen molar-refractivity contribution in [1.82, 2.24) is 5.32 Å². The van der Waals surface area contributed by atoms with Crippen LogP contribution in [-0.4, -0.2) is 31.6 Å². The summed E-state index contributed by atoms with van der Waals surface area (Å²) >= 11 is 0. The molecule has 5 nitrogen and oxygen atoms in total. The average Bonchev–Trinajstić information content (AvgIpc) is 2.37. The van der Waals surface area contributed by atoms with Gasteiger partial charge in [-0.1, -0.05) is 6.07 Å². The quantitative estimate of drug-likeness (QED) is 0.830. The van der Waals surface area contributed by atoms with Crippen LogP contribution < -0.4 is 20.7 Å². The van der Waals surface area contributed by atoms with Gasteiger partial charge < -0.3 is 20.7 Å². The van der Waals surface area contributed by atoms with Crippen LogP contribution in [0.25, 0.3) is 0 Å². The van der Waals surface area contributed by atoms with Crippen LogP contribution in [0, 0.1) is 5.92 Å². The van der Waals surface area contributed by atoms with Crippen LogP contribution in [0.4, 0.5) is 5.69 Å². The van der Waals surface area contributed by atoms with Crippen LogP contribution in [0.3, 0.4) is 0 Å². The fraction of sp³-hybridized carbons (Fsp3) is 0.500. The number of fused-ring (bicyclic) bond motifs is 1. The Morgan fingerprint density at radius 3 is 2.89 bits per heavy atom. The van der Waals surface area contributed by atoms with E-state index in [0.29, 0.717) is 12.5 Å². The molecule has 1 amide bonds. The largest absolute Gasteiger partial charge is 0.479 e. The van der Waals surface area contributed by atoms with E-state index in [1.165, 1.54) is 0 Å². The molecule has 2 aliphatic heterocycles. The fourth-order valence-electron chi connectivity index (χ4n) is 2.50. The first kappa shape index (κ1) is 12.4. The lowest BCUT2D eigenvalue weighted by Crippen LogP contribution is -2.53. The molecule has 1 aromatic carbocycles. The van der Waals surface area contributed by atoms with Crippen molar-refractivity contribution < 1.29 is 9.53 Å². The molecule has 1 saturated heterocycles. The van der Waals surface area contributed by atoms with Crippen molar-refractivity contribution in [1.29, 1.82) is 0 Å². The van der Waals surface area contributed by atoms with Gasteiger partial charge >= 0.3 is 0 Å². The van der Waals surface area contributed by atoms with E-state index in [0.717, 1.165) is 36.6 Å². The van der Waals surface area contributed by atoms with Crippen molar-refractivity contribution in [3.63, 3.8) is 0 Å². The van der Waals surface area contributed by atoms with E-state index in [4.69, 9.17) is 10.5 Å². The highest BCUT2D eigenvalue weighted by atomic mass is 16.5. The van der Waals surface area contributed by atoms with Crippen molar-refractivity contribution in [3.8, 4) is 5.75 Å². The van der Waals surface area contributed by atoms with Gasteiger partial charge in [0.25, 0.3) is 5.91 Å². The summed E-state index contributed by atoms with van der Waals surface area (Å²) in [5.74, 6) is 1.34. The Morgan fingerprint density at radius 1 is 1.47 bits per heavy atom. The zero-order valence-corrected chi connectivity index (χ0v) is 11.1. The van der Waals surface area contributed by atoms with E-state index in [1.54, 1.807) is 6.92 Å². The summed E-state index contributed by atoms with van der Waals surface area (Å²) in [5, 5.41) is 3.23. The third-order valence-corrected chi connectivity index (χ3v) is 3.77. The molecule has 0 aromatic heterocycles. The van der Waals surface area contributed by atoms with Gasteiger partial charge in [0, 0.05) is 32.1 Å². The highest BCUT2D eigenvalue weighted by Crippen LogP contribution is 2.35. The van der Waals surface area contributed by atoms with Crippen LogP contribution in [-0.2, 0) is 11.3 Å². The van der Waals surface area contributed by atoms with Gasteiger partial charge in [0.15, 0.2) is 6.10 Å². The van der Waals surface area contributed by atoms with Crippen LogP contribution in [0.15, 0.2) is 18.2 Å². The molecule has 0 radical (unpaired) electrons. The molecular weight excluding hydrogens is 242 g/mol. The maximum absolute atomic E-state index is 12.3. The number of nitrogens with one attached hydrogen (secondary N) is 1. The molecule has 0 aliphatic carbocycles. The number of nitrogens with two attached hydrogens (primary N) is 1. The smallest absolute Gasteiger partial charge is 0.267 e. The van der Waals surface area contributed by atoms with Gasteiger partial charge in [0.05, 0.1) is 5.69 Å². The lowest BCUT2D eigenvalue weighted by atomic mass is 10.0. The monoisotopic (exact) mass is 261 g/mol. The van der Waals surface area contributed by atoms with Gasteiger partial charge in [0.1, 0.15) is 5.75 Å². The molecule has 0 bridgehead atoms. The molecule has 0 saturated carbocycles. The zero-order chi connectivity index (χ0) is 13.4. The van der Waals surface area contributed by atoms with Crippen LogP contribution in [0.2, 0.25) is 0 Å². The number of hydrogen-bond acceptors (Lipinski definition) is 4. The summed E-state index contributed by atoms with van der Waals surface area (Å²) in [6.45, 7) is 4.97. The normalized spacial score (nSPS) is 22.7. The lowest BCUT2D eigenvalue weighted by Gasteiger charge is -2.38. The minimum absolute atomic E-state index is 0.0357. The second-order valence-corrected chi connectivity index (χ2v) is 5.24. The minimum atomic E-state index is -0.413. The third-order valence-electron chi connectivity index (χ3n) is 3.77. The van der Waals surface area contributed by atoms with Crippen molar-refractivity contribution in [3.05, 3.63) is 23.8 Å². The van der Waals surface area contributed by atoms with Crippen molar-refractivity contribution >= 4 is 11.6 Å². The molecular formula is C14H19N3O2. The lowest BCUT2D eigenvalue weighted by molar-refractivity contribution is -0.125. The molecule has 3 N–H and O–H groups in total. The van der Waals surface area contributed by atoms with Gasteiger partial charge in [-0.15, -0.1) is 0 Å². The van der Waals surface area contributed by atoms with E-state index in [-0.39, 0.29) is 5.91 Å². The van der Waals surface area contributed by atoms with Crippen LogP contribution >= 0.6 is 0 Å². The highest BCUT2D eigenvalue weighted by molar-refractivity contribution is 5.99. The predicted octanol–water partition coefficient (Wildman–Crippen LogP) is 0.479. The first-order chi connectivity index (χ1) is 9.19. The van der Waals surface area contributed by atoms with Gasteiger partial charge in [0.2, 0.25) is 0 Å². The standard InChI is InChI=1S/C14H19N3O2/c1-9-14(18)17(8-11-6-16-7-11)12-4-10(5-15)2-3-13(12)19-9/h2-4,9,11,16H,5-8,15H2,1H3. The molecule has 2 aliphatic rings. The van der Waals surface area contributed by atoms with Gasteiger partial charge in [-0.05, 0) is 24.6 Å². The molecule has 5 heteroatoms. The molecule has 1 aromatic rings. The van der Waals surface area contributed by atoms with Crippen molar-refractivity contribution in [2.75, 3.05) is 24.5 Å². The number of carbonyl (C=O) groups excluding carboxylic acids is 1. The minimum Gasteiger partial charge on any atom is -0.479 e. The Morgan fingerprint density at radius 2 is 2.26 bits per heavy atom. The number of nitrogens with zero attached hydrogens (tertiary/aromatic N) is 1. The Bertz CT molecular complexity index is 499. The first-order valence-electron chi connectivity index (χ1n) is 6.71. The van der Waals surface area contributed by atoms with Gasteiger partial charge in [-0.25, -0.2) is 0 Å². The van der Waals surface area contributed by atoms with Crippen molar-refractivity contribution in [2.45, 2.75) is 19.6 Å². The molecule has 1 unspecified atom stereocenters. The second kappa shape index (κ2) is 4.83. The fourth-order valence-corrected chi connectivity index (χ4v) is 2.50. The van der Waals surface area contributed by atoms with E-state index in [1.807, 2.05) is 23.1 Å². The SMILES string of the molecule is CC1Oc2ccc(CN)cc2N(CC2CNC2)C1=O. The van der Waals surface area contributed by atoms with Crippen LogP contribution in [0.5, 0.6) is 5.75 Å². The summed E-state index contributed by atoms with van der Waals surface area (Å²) in [6.07, 6.45) is -0.413. The van der Waals surface area contributed by atoms with Crippen molar-refractivity contribution in [2.24, 2.45) is 11.7 Å². The summed E-state index contributed by atoms with van der Waals surface area (Å²) in [5.41, 5.74) is 7.55. The number of carbonyl (C=O) groups is 1. The highest BCUT2D eigenvalue weighted by Gasteiger charge is 2.34. The molecule has 3 rings (SSSR count).